The molecule has 0 aliphatic heterocycles. The van der Waals surface area contributed by atoms with Gasteiger partial charge in [-0.2, -0.15) is 0 Å². The van der Waals surface area contributed by atoms with Crippen molar-refractivity contribution in [1.82, 2.24) is 0 Å². The third kappa shape index (κ3) is 4.38. The van der Waals surface area contributed by atoms with Crippen molar-refractivity contribution in [3.05, 3.63) is 12.2 Å². The third-order valence-corrected chi connectivity index (χ3v) is 4.93. The molecule has 110 valence electrons. The molecule has 0 N–H and O–H groups in total. The van der Waals surface area contributed by atoms with Crippen LogP contribution < -0.4 is 0 Å². The quantitative estimate of drug-likeness (QED) is 0.554. The average molecular weight is 301 g/mol. The van der Waals surface area contributed by atoms with Crippen LogP contribution in [0.25, 0.3) is 0 Å². The van der Waals surface area contributed by atoms with E-state index in [2.05, 4.69) is 39.3 Å². The molecule has 2 atom stereocenters. The van der Waals surface area contributed by atoms with E-state index >= 15 is 0 Å². The van der Waals surface area contributed by atoms with Crippen molar-refractivity contribution in [2.45, 2.75) is 70.8 Å². The summed E-state index contributed by atoms with van der Waals surface area (Å²) in [4.78, 5) is 12.2. The first-order valence-electron chi connectivity index (χ1n) is 7.04. The number of carbonyl (C=O) groups excluding carboxylic acids is 1. The number of hydrogen-bond donors (Lipinski definition) is 0. The van der Waals surface area contributed by atoms with Crippen molar-refractivity contribution in [2.75, 3.05) is 0 Å². The van der Waals surface area contributed by atoms with E-state index in [4.69, 9.17) is 8.85 Å². The summed E-state index contributed by atoms with van der Waals surface area (Å²) in [6.07, 6.45) is 5.14. The van der Waals surface area contributed by atoms with Gasteiger partial charge < -0.3 is 8.85 Å². The molecule has 1 aliphatic rings. The summed E-state index contributed by atoms with van der Waals surface area (Å²) in [5.41, 5.74) is -0.711. The Morgan fingerprint density at radius 1 is 1.16 bits per heavy atom. The molecule has 0 aromatic rings. The van der Waals surface area contributed by atoms with Gasteiger partial charge in [0.1, 0.15) is 5.60 Å². The Labute approximate surface area is 119 Å². The molecule has 0 saturated heterocycles. The minimum absolute atomic E-state index is 0.205. The minimum Gasteiger partial charge on any atom is -0.408 e. The molecule has 1 saturated carbocycles. The van der Waals surface area contributed by atoms with Crippen molar-refractivity contribution in [1.29, 1.82) is 0 Å². The SMILES string of the molecule is CC=CC(O[Si](C)(C)C)C1(O[Si](C)(C)C)CCC1=O. The van der Waals surface area contributed by atoms with Crippen LogP contribution >= 0.6 is 0 Å². The molecule has 0 aromatic heterocycles. The van der Waals surface area contributed by atoms with E-state index in [1.165, 1.54) is 0 Å². The molecule has 1 fully saturated rings. The van der Waals surface area contributed by atoms with Gasteiger partial charge in [-0.25, -0.2) is 0 Å². The number of hydrogen-bond acceptors (Lipinski definition) is 3. The van der Waals surface area contributed by atoms with Crippen LogP contribution in [0.1, 0.15) is 19.8 Å². The molecule has 0 heterocycles. The van der Waals surface area contributed by atoms with E-state index in [-0.39, 0.29) is 11.9 Å². The zero-order valence-electron chi connectivity index (χ0n) is 13.4. The monoisotopic (exact) mass is 300 g/mol. The highest BCUT2D eigenvalue weighted by atomic mass is 28.4. The normalized spacial score (nSPS) is 26.6. The van der Waals surface area contributed by atoms with E-state index in [0.29, 0.717) is 6.42 Å². The van der Waals surface area contributed by atoms with Gasteiger partial charge in [-0.3, -0.25) is 4.79 Å². The molecule has 2 unspecified atom stereocenters. The molecule has 0 amide bonds. The van der Waals surface area contributed by atoms with E-state index in [0.717, 1.165) is 6.42 Å². The Hall–Kier alpha value is -0.236. The lowest BCUT2D eigenvalue weighted by Gasteiger charge is -2.49. The van der Waals surface area contributed by atoms with Crippen molar-refractivity contribution >= 4 is 22.4 Å². The number of carbonyl (C=O) groups is 1. The standard InChI is InChI=1S/C14H28O3Si2/c1-8-9-13(16-18(2,3)4)14(11-10-12(14)15)17-19(5,6)7/h8-9,13H,10-11H2,1-7H3. The van der Waals surface area contributed by atoms with Crippen molar-refractivity contribution < 1.29 is 13.6 Å². The second-order valence-electron chi connectivity index (χ2n) is 7.20. The highest BCUT2D eigenvalue weighted by molar-refractivity contribution is 6.70. The van der Waals surface area contributed by atoms with Gasteiger partial charge in [-0.05, 0) is 52.6 Å². The maximum atomic E-state index is 12.2. The predicted octanol–water partition coefficient (Wildman–Crippen LogP) is 3.74. The first-order chi connectivity index (χ1) is 8.50. The first kappa shape index (κ1) is 16.8. The smallest absolute Gasteiger partial charge is 0.185 e. The summed E-state index contributed by atoms with van der Waals surface area (Å²) in [7, 11) is -3.51. The van der Waals surface area contributed by atoms with Crippen LogP contribution in [0, 0.1) is 0 Å². The summed E-state index contributed by atoms with van der Waals surface area (Å²) >= 11 is 0. The molecule has 1 rings (SSSR count). The van der Waals surface area contributed by atoms with Gasteiger partial charge in [0.05, 0.1) is 6.10 Å². The second-order valence-corrected chi connectivity index (χ2v) is 16.1. The molecular weight excluding hydrogens is 272 g/mol. The van der Waals surface area contributed by atoms with Gasteiger partial charge in [0, 0.05) is 6.42 Å². The van der Waals surface area contributed by atoms with Crippen LogP contribution in [0.4, 0.5) is 0 Å². The predicted molar refractivity (Wildman–Crippen MR) is 84.4 cm³/mol. The van der Waals surface area contributed by atoms with E-state index in [9.17, 15) is 4.79 Å². The lowest BCUT2D eigenvalue weighted by atomic mass is 9.74. The lowest BCUT2D eigenvalue weighted by molar-refractivity contribution is -0.157. The largest absolute Gasteiger partial charge is 0.408 e. The van der Waals surface area contributed by atoms with Crippen LogP contribution in [0.5, 0.6) is 0 Å². The van der Waals surface area contributed by atoms with Crippen LogP contribution in [-0.4, -0.2) is 34.1 Å². The third-order valence-electron chi connectivity index (χ3n) is 2.99. The fourth-order valence-corrected chi connectivity index (χ4v) is 4.79. The summed E-state index contributed by atoms with van der Waals surface area (Å²) in [6.45, 7) is 14.8. The second kappa shape index (κ2) is 5.64. The molecule has 3 nitrogen and oxygen atoms in total. The highest BCUT2D eigenvalue weighted by Crippen LogP contribution is 2.40. The average Bonchev–Trinajstić information content (AvgIpc) is 2.20. The van der Waals surface area contributed by atoms with Crippen molar-refractivity contribution in [3.8, 4) is 0 Å². The fraction of sp³-hybridized carbons (Fsp3) is 0.786. The summed E-state index contributed by atoms with van der Waals surface area (Å²) in [5, 5.41) is 0. The number of allylic oxidation sites excluding steroid dienone is 1. The Morgan fingerprint density at radius 2 is 1.74 bits per heavy atom. The number of Topliss-reactive ketones (excluding diaryl/α,β-unsaturated/α-hetero) is 1. The Kier molecular flexibility index (Phi) is 4.99. The molecule has 0 bridgehead atoms. The Morgan fingerprint density at radius 3 is 2.00 bits per heavy atom. The van der Waals surface area contributed by atoms with Gasteiger partial charge in [0.15, 0.2) is 22.4 Å². The van der Waals surface area contributed by atoms with Gasteiger partial charge in [0.25, 0.3) is 0 Å². The van der Waals surface area contributed by atoms with Crippen molar-refractivity contribution in [3.63, 3.8) is 0 Å². The number of rotatable bonds is 6. The molecular formula is C14H28O3Si2. The van der Waals surface area contributed by atoms with Gasteiger partial charge in [-0.1, -0.05) is 12.2 Å². The van der Waals surface area contributed by atoms with E-state index in [1.807, 2.05) is 19.1 Å². The summed E-state index contributed by atoms with van der Waals surface area (Å²) in [6, 6.07) is 0. The zero-order chi connectivity index (χ0) is 14.9. The molecule has 19 heavy (non-hydrogen) atoms. The Balaban J connectivity index is 3.03. The zero-order valence-corrected chi connectivity index (χ0v) is 15.4. The van der Waals surface area contributed by atoms with Crippen molar-refractivity contribution in [2.24, 2.45) is 0 Å². The fourth-order valence-electron chi connectivity index (χ4n) is 2.33. The summed E-state index contributed by atoms with van der Waals surface area (Å²) < 4.78 is 12.5. The number of ketones is 1. The molecule has 0 spiro atoms. The van der Waals surface area contributed by atoms with E-state index in [1.54, 1.807) is 0 Å². The van der Waals surface area contributed by atoms with Gasteiger partial charge >= 0.3 is 0 Å². The minimum atomic E-state index is -1.79. The maximum absolute atomic E-state index is 12.2. The van der Waals surface area contributed by atoms with Crippen LogP contribution in [0.15, 0.2) is 12.2 Å². The molecule has 0 aromatic carbocycles. The molecule has 5 heteroatoms. The van der Waals surface area contributed by atoms with Crippen LogP contribution in [0.3, 0.4) is 0 Å². The summed E-state index contributed by atoms with van der Waals surface area (Å²) in [5.74, 6) is 0.205. The molecule has 0 radical (unpaired) electrons. The van der Waals surface area contributed by atoms with Crippen LogP contribution in [-0.2, 0) is 13.6 Å². The van der Waals surface area contributed by atoms with Gasteiger partial charge in [0.2, 0.25) is 0 Å². The highest BCUT2D eigenvalue weighted by Gasteiger charge is 2.55. The topological polar surface area (TPSA) is 35.5 Å². The van der Waals surface area contributed by atoms with E-state index < -0.39 is 22.2 Å². The van der Waals surface area contributed by atoms with Gasteiger partial charge in [-0.15, -0.1) is 0 Å². The lowest BCUT2D eigenvalue weighted by Crippen LogP contribution is -2.63. The Bertz CT molecular complexity index is 366. The molecule has 1 aliphatic carbocycles. The van der Waals surface area contributed by atoms with Crippen LogP contribution in [0.2, 0.25) is 39.3 Å². The maximum Gasteiger partial charge on any atom is 0.185 e. The first-order valence-corrected chi connectivity index (χ1v) is 13.9.